The number of hydrogen-bond acceptors (Lipinski definition) is 6. The summed E-state index contributed by atoms with van der Waals surface area (Å²) in [6, 6.07) is 7.64. The van der Waals surface area contributed by atoms with E-state index in [-0.39, 0.29) is 12.5 Å². The minimum Gasteiger partial charge on any atom is -0.493 e. The maximum absolute atomic E-state index is 11.8. The van der Waals surface area contributed by atoms with Crippen molar-refractivity contribution in [2.45, 2.75) is 44.6 Å². The van der Waals surface area contributed by atoms with Crippen LogP contribution in [-0.2, 0) is 14.3 Å². The Morgan fingerprint density at radius 2 is 2.00 bits per heavy atom. The van der Waals surface area contributed by atoms with Crippen molar-refractivity contribution in [1.82, 2.24) is 10.6 Å². The van der Waals surface area contributed by atoms with Gasteiger partial charge in [0.05, 0.1) is 39.1 Å². The lowest BCUT2D eigenvalue weighted by Gasteiger charge is -2.22. The molecular weight excluding hydrogens is 384 g/mol. The first kappa shape index (κ1) is 24.6. The lowest BCUT2D eigenvalue weighted by Crippen LogP contribution is -2.36. The number of nitrogens with one attached hydrogen (secondary N) is 2. The Bertz CT molecular complexity index is 593. The van der Waals surface area contributed by atoms with Gasteiger partial charge in [-0.3, -0.25) is 4.79 Å². The number of ether oxygens (including phenoxy) is 3. The number of carbonyl (C=O) groups excluding carboxylic acids is 1. The van der Waals surface area contributed by atoms with E-state index in [1.54, 1.807) is 7.11 Å². The lowest BCUT2D eigenvalue weighted by molar-refractivity contribution is -0.120. The molecule has 1 aromatic carbocycles. The van der Waals surface area contributed by atoms with E-state index < -0.39 is 6.10 Å². The fraction of sp³-hybridized carbons (Fsp3) is 0.696. The van der Waals surface area contributed by atoms with Crippen LogP contribution in [-0.4, -0.2) is 64.2 Å². The molecule has 2 rings (SSSR count). The van der Waals surface area contributed by atoms with Gasteiger partial charge in [0.15, 0.2) is 0 Å². The van der Waals surface area contributed by atoms with Gasteiger partial charge in [0, 0.05) is 20.2 Å². The number of hydrogen-bond donors (Lipinski definition) is 3. The van der Waals surface area contributed by atoms with E-state index in [1.807, 2.05) is 24.3 Å². The van der Waals surface area contributed by atoms with Crippen molar-refractivity contribution < 1.29 is 24.1 Å². The van der Waals surface area contributed by atoms with Gasteiger partial charge in [0.25, 0.3) is 0 Å². The number of amides is 1. The first-order chi connectivity index (χ1) is 14.7. The van der Waals surface area contributed by atoms with Crippen LogP contribution in [0.1, 0.15) is 50.2 Å². The highest BCUT2D eigenvalue weighted by Crippen LogP contribution is 2.26. The molecule has 1 unspecified atom stereocenters. The molecule has 1 atom stereocenters. The summed E-state index contributed by atoms with van der Waals surface area (Å²) in [6.45, 7) is 3.66. The molecular formula is C23H38N2O5. The van der Waals surface area contributed by atoms with Gasteiger partial charge in [-0.25, -0.2) is 0 Å². The summed E-state index contributed by atoms with van der Waals surface area (Å²) in [7, 11) is 1.63. The van der Waals surface area contributed by atoms with E-state index in [0.29, 0.717) is 45.2 Å². The maximum Gasteiger partial charge on any atom is 0.233 e. The van der Waals surface area contributed by atoms with E-state index in [4.69, 9.17) is 14.2 Å². The van der Waals surface area contributed by atoms with Crippen molar-refractivity contribution >= 4 is 5.91 Å². The lowest BCUT2D eigenvalue weighted by atomic mass is 9.90. The summed E-state index contributed by atoms with van der Waals surface area (Å²) in [5.41, 5.74) is 0.816. The van der Waals surface area contributed by atoms with E-state index in [9.17, 15) is 9.90 Å². The minimum atomic E-state index is -0.634. The third-order valence-electron chi connectivity index (χ3n) is 5.33. The summed E-state index contributed by atoms with van der Waals surface area (Å²) in [6.07, 6.45) is 6.26. The first-order valence-corrected chi connectivity index (χ1v) is 11.1. The Kier molecular flexibility index (Phi) is 12.4. The average Bonchev–Trinajstić information content (AvgIpc) is 2.78. The molecule has 1 amide bonds. The van der Waals surface area contributed by atoms with Gasteiger partial charge in [-0.1, -0.05) is 31.4 Å². The highest BCUT2D eigenvalue weighted by Gasteiger charge is 2.15. The van der Waals surface area contributed by atoms with E-state index >= 15 is 0 Å². The maximum atomic E-state index is 11.8. The van der Waals surface area contributed by atoms with Gasteiger partial charge < -0.3 is 30.0 Å². The Morgan fingerprint density at radius 1 is 1.17 bits per heavy atom. The zero-order chi connectivity index (χ0) is 21.4. The molecule has 0 heterocycles. The predicted octanol–water partition coefficient (Wildman–Crippen LogP) is 2.44. The zero-order valence-electron chi connectivity index (χ0n) is 18.2. The third-order valence-corrected chi connectivity index (χ3v) is 5.33. The van der Waals surface area contributed by atoms with Crippen LogP contribution in [0, 0.1) is 5.92 Å². The van der Waals surface area contributed by atoms with Crippen LogP contribution in [0.3, 0.4) is 0 Å². The van der Waals surface area contributed by atoms with Crippen molar-refractivity contribution in [3.63, 3.8) is 0 Å². The monoisotopic (exact) mass is 422 g/mol. The summed E-state index contributed by atoms with van der Waals surface area (Å²) < 4.78 is 16.2. The van der Waals surface area contributed by atoms with Crippen molar-refractivity contribution in [1.29, 1.82) is 0 Å². The first-order valence-electron chi connectivity index (χ1n) is 11.1. The van der Waals surface area contributed by atoms with Crippen LogP contribution in [0.5, 0.6) is 5.75 Å². The van der Waals surface area contributed by atoms with Crippen molar-refractivity contribution in [3.05, 3.63) is 29.8 Å². The number of methoxy groups -OCH3 is 1. The third kappa shape index (κ3) is 10.4. The number of aliphatic hydroxyl groups is 1. The second-order valence-electron chi connectivity index (χ2n) is 7.82. The summed E-state index contributed by atoms with van der Waals surface area (Å²) in [4.78, 5) is 11.8. The quantitative estimate of drug-likeness (QED) is 0.376. The average molecular weight is 423 g/mol. The van der Waals surface area contributed by atoms with Gasteiger partial charge in [-0.15, -0.1) is 0 Å². The topological polar surface area (TPSA) is 89.1 Å². The fourth-order valence-electron chi connectivity index (χ4n) is 3.55. The SMILES string of the molecule is COCCOCCNCC(=O)NCCC(O)c1cccc(OCC2CCCCC2)c1. The van der Waals surface area contributed by atoms with Crippen molar-refractivity contribution in [2.24, 2.45) is 5.92 Å². The zero-order valence-corrected chi connectivity index (χ0v) is 18.2. The van der Waals surface area contributed by atoms with Crippen LogP contribution in [0.2, 0.25) is 0 Å². The summed E-state index contributed by atoms with van der Waals surface area (Å²) >= 11 is 0. The highest BCUT2D eigenvalue weighted by atomic mass is 16.5. The molecule has 1 aliphatic carbocycles. The van der Waals surface area contributed by atoms with Gasteiger partial charge in [0.1, 0.15) is 5.75 Å². The van der Waals surface area contributed by atoms with Crippen LogP contribution in [0.25, 0.3) is 0 Å². The van der Waals surface area contributed by atoms with E-state index in [1.165, 1.54) is 32.1 Å². The standard InChI is InChI=1S/C23H38N2O5/c1-28-14-15-29-13-12-24-17-23(27)25-11-10-22(26)20-8-5-9-21(16-20)30-18-19-6-3-2-4-7-19/h5,8-9,16,19,22,24,26H,2-4,6-7,10-15,17-18H2,1H3,(H,25,27). The fourth-order valence-corrected chi connectivity index (χ4v) is 3.55. The van der Waals surface area contributed by atoms with Gasteiger partial charge in [-0.05, 0) is 42.9 Å². The molecule has 1 fully saturated rings. The minimum absolute atomic E-state index is 0.0938. The Hall–Kier alpha value is -1.67. The van der Waals surface area contributed by atoms with Crippen LogP contribution >= 0.6 is 0 Å². The van der Waals surface area contributed by atoms with E-state index in [0.717, 1.165) is 17.9 Å². The molecule has 30 heavy (non-hydrogen) atoms. The number of benzene rings is 1. The number of rotatable bonds is 15. The van der Waals surface area contributed by atoms with Crippen LogP contribution in [0.15, 0.2) is 24.3 Å². The second-order valence-corrected chi connectivity index (χ2v) is 7.82. The van der Waals surface area contributed by atoms with Crippen LogP contribution in [0.4, 0.5) is 0 Å². The summed E-state index contributed by atoms with van der Waals surface area (Å²) in [5, 5.41) is 16.3. The molecule has 0 bridgehead atoms. The molecule has 0 aromatic heterocycles. The largest absolute Gasteiger partial charge is 0.493 e. The Labute approximate surface area is 180 Å². The molecule has 1 aliphatic rings. The van der Waals surface area contributed by atoms with Crippen molar-refractivity contribution in [2.75, 3.05) is 53.2 Å². The summed E-state index contributed by atoms with van der Waals surface area (Å²) in [5.74, 6) is 1.36. The van der Waals surface area contributed by atoms with Gasteiger partial charge in [0.2, 0.25) is 5.91 Å². The predicted molar refractivity (Wildman–Crippen MR) is 117 cm³/mol. The van der Waals surface area contributed by atoms with Gasteiger partial charge in [-0.2, -0.15) is 0 Å². The molecule has 1 aromatic rings. The molecule has 0 saturated heterocycles. The molecule has 0 spiro atoms. The van der Waals surface area contributed by atoms with E-state index in [2.05, 4.69) is 10.6 Å². The van der Waals surface area contributed by atoms with Crippen LogP contribution < -0.4 is 15.4 Å². The highest BCUT2D eigenvalue weighted by molar-refractivity contribution is 5.77. The smallest absolute Gasteiger partial charge is 0.233 e. The van der Waals surface area contributed by atoms with Crippen molar-refractivity contribution in [3.8, 4) is 5.75 Å². The molecule has 3 N–H and O–H groups in total. The molecule has 0 radical (unpaired) electrons. The second kappa shape index (κ2) is 15.2. The normalized spacial score (nSPS) is 15.7. The Morgan fingerprint density at radius 3 is 2.80 bits per heavy atom. The molecule has 7 nitrogen and oxygen atoms in total. The number of carbonyl (C=O) groups is 1. The molecule has 170 valence electrons. The molecule has 1 saturated carbocycles. The Balaban J connectivity index is 1.58. The molecule has 0 aliphatic heterocycles. The van der Waals surface area contributed by atoms with Gasteiger partial charge >= 0.3 is 0 Å². The number of aliphatic hydroxyl groups excluding tert-OH is 1. The molecule has 7 heteroatoms.